The molecule has 2 aromatic carbocycles. The molecule has 0 fully saturated rings. The third kappa shape index (κ3) is 3.80. The predicted octanol–water partition coefficient (Wildman–Crippen LogP) is 3.42. The molecular weight excluding hydrogens is 265 g/mol. The van der Waals surface area contributed by atoms with Crippen molar-refractivity contribution in [3.8, 4) is 0 Å². The van der Waals surface area contributed by atoms with Crippen LogP contribution >= 0.6 is 11.6 Å². The molecule has 0 aliphatic rings. The van der Waals surface area contributed by atoms with Crippen LogP contribution in [0.2, 0.25) is 5.02 Å². The van der Waals surface area contributed by atoms with Crippen LogP contribution in [-0.2, 0) is 17.6 Å². The highest BCUT2D eigenvalue weighted by Gasteiger charge is 2.07. The minimum atomic E-state index is -0.501. The maximum atomic E-state index is 13.2. The van der Waals surface area contributed by atoms with Gasteiger partial charge in [0.05, 0.1) is 5.02 Å². The normalized spacial score (nSPS) is 10.4. The minimum Gasteiger partial charge on any atom is -0.399 e. The quantitative estimate of drug-likeness (QED) is 0.870. The smallest absolute Gasteiger partial charge is 0.142 e. The molecule has 98 valence electrons. The first-order chi connectivity index (χ1) is 9.04. The topological polar surface area (TPSA) is 43.1 Å². The molecule has 0 unspecified atom stereocenters. The Kier molecular flexibility index (Phi) is 4.17. The standard InChI is InChI=1S/C15H13ClFNO/c16-14-6-3-11(9-15(14)17)8-13(19)7-10-1-4-12(18)5-2-10/h1-6,9H,7-8,18H2. The van der Waals surface area contributed by atoms with Gasteiger partial charge in [-0.25, -0.2) is 4.39 Å². The van der Waals surface area contributed by atoms with Crippen molar-refractivity contribution in [1.29, 1.82) is 0 Å². The van der Waals surface area contributed by atoms with Crippen LogP contribution in [0.3, 0.4) is 0 Å². The Hall–Kier alpha value is -1.87. The molecule has 0 amide bonds. The van der Waals surface area contributed by atoms with Crippen LogP contribution in [0.1, 0.15) is 11.1 Å². The van der Waals surface area contributed by atoms with Gasteiger partial charge in [0.25, 0.3) is 0 Å². The average Bonchev–Trinajstić information content (AvgIpc) is 2.37. The number of benzene rings is 2. The second-order valence-corrected chi connectivity index (χ2v) is 4.79. The summed E-state index contributed by atoms with van der Waals surface area (Å²) in [7, 11) is 0. The molecular formula is C15H13ClFNO. The second kappa shape index (κ2) is 5.85. The lowest BCUT2D eigenvalue weighted by atomic mass is 10.0. The number of nitrogen functional groups attached to an aromatic ring is 1. The Morgan fingerprint density at radius 3 is 2.26 bits per heavy atom. The average molecular weight is 278 g/mol. The van der Waals surface area contributed by atoms with Crippen molar-refractivity contribution in [3.05, 3.63) is 64.4 Å². The molecule has 0 saturated carbocycles. The lowest BCUT2D eigenvalue weighted by molar-refractivity contribution is -0.117. The number of anilines is 1. The van der Waals surface area contributed by atoms with E-state index in [9.17, 15) is 9.18 Å². The van der Waals surface area contributed by atoms with E-state index in [4.69, 9.17) is 17.3 Å². The van der Waals surface area contributed by atoms with Crippen LogP contribution in [0, 0.1) is 5.82 Å². The highest BCUT2D eigenvalue weighted by atomic mass is 35.5. The van der Waals surface area contributed by atoms with E-state index in [1.165, 1.54) is 12.1 Å². The zero-order chi connectivity index (χ0) is 13.8. The number of nitrogens with two attached hydrogens (primary N) is 1. The fourth-order valence-electron chi connectivity index (χ4n) is 1.80. The number of hydrogen-bond acceptors (Lipinski definition) is 2. The maximum Gasteiger partial charge on any atom is 0.142 e. The van der Waals surface area contributed by atoms with E-state index < -0.39 is 5.82 Å². The summed E-state index contributed by atoms with van der Waals surface area (Å²) in [6.07, 6.45) is 0.503. The van der Waals surface area contributed by atoms with Gasteiger partial charge in [-0.2, -0.15) is 0 Å². The van der Waals surface area contributed by atoms with E-state index in [0.717, 1.165) is 5.56 Å². The third-order valence-corrected chi connectivity index (χ3v) is 3.07. The first kappa shape index (κ1) is 13.6. The van der Waals surface area contributed by atoms with Crippen molar-refractivity contribution >= 4 is 23.1 Å². The number of carbonyl (C=O) groups excluding carboxylic acids is 1. The van der Waals surface area contributed by atoms with Crippen LogP contribution in [-0.4, -0.2) is 5.78 Å². The monoisotopic (exact) mass is 277 g/mol. The molecule has 2 rings (SSSR count). The fourth-order valence-corrected chi connectivity index (χ4v) is 1.92. The minimum absolute atomic E-state index is 0.0199. The summed E-state index contributed by atoms with van der Waals surface area (Å²) in [4.78, 5) is 11.9. The Bertz CT molecular complexity index is 596. The lowest BCUT2D eigenvalue weighted by Crippen LogP contribution is -2.06. The van der Waals surface area contributed by atoms with E-state index in [1.54, 1.807) is 18.2 Å². The van der Waals surface area contributed by atoms with Crippen LogP contribution in [0.5, 0.6) is 0 Å². The summed E-state index contributed by atoms with van der Waals surface area (Å²) in [5.74, 6) is -0.481. The molecule has 0 saturated heterocycles. The van der Waals surface area contributed by atoms with Crippen molar-refractivity contribution in [1.82, 2.24) is 0 Å². The molecule has 0 atom stereocenters. The van der Waals surface area contributed by atoms with Crippen LogP contribution in [0.4, 0.5) is 10.1 Å². The maximum absolute atomic E-state index is 13.2. The molecule has 0 bridgehead atoms. The van der Waals surface area contributed by atoms with E-state index >= 15 is 0 Å². The van der Waals surface area contributed by atoms with Gasteiger partial charge in [-0.05, 0) is 35.4 Å². The van der Waals surface area contributed by atoms with Gasteiger partial charge >= 0.3 is 0 Å². The summed E-state index contributed by atoms with van der Waals surface area (Å²) in [5, 5.41) is 0.0646. The van der Waals surface area contributed by atoms with Crippen LogP contribution in [0.25, 0.3) is 0 Å². The van der Waals surface area contributed by atoms with Crippen molar-refractivity contribution in [2.75, 3.05) is 5.73 Å². The molecule has 0 radical (unpaired) electrons. The Morgan fingerprint density at radius 2 is 1.63 bits per heavy atom. The predicted molar refractivity (Wildman–Crippen MR) is 74.7 cm³/mol. The molecule has 4 heteroatoms. The first-order valence-corrected chi connectivity index (χ1v) is 6.22. The molecule has 0 heterocycles. The fraction of sp³-hybridized carbons (Fsp3) is 0.133. The van der Waals surface area contributed by atoms with Crippen LogP contribution in [0.15, 0.2) is 42.5 Å². The van der Waals surface area contributed by atoms with Crippen molar-refractivity contribution in [2.24, 2.45) is 0 Å². The van der Waals surface area contributed by atoms with Gasteiger partial charge in [-0.3, -0.25) is 4.79 Å². The lowest BCUT2D eigenvalue weighted by Gasteiger charge is -2.03. The zero-order valence-electron chi connectivity index (χ0n) is 10.2. The van der Waals surface area contributed by atoms with Gasteiger partial charge in [0, 0.05) is 18.5 Å². The molecule has 0 aliphatic heterocycles. The van der Waals surface area contributed by atoms with Crippen molar-refractivity contribution < 1.29 is 9.18 Å². The SMILES string of the molecule is Nc1ccc(CC(=O)Cc2ccc(Cl)c(F)c2)cc1. The van der Waals surface area contributed by atoms with Gasteiger partial charge in [0.2, 0.25) is 0 Å². The van der Waals surface area contributed by atoms with Crippen molar-refractivity contribution in [3.63, 3.8) is 0 Å². The Morgan fingerprint density at radius 1 is 1.05 bits per heavy atom. The molecule has 0 aliphatic carbocycles. The van der Waals surface area contributed by atoms with Crippen molar-refractivity contribution in [2.45, 2.75) is 12.8 Å². The number of Topliss-reactive ketones (excluding diaryl/α,β-unsaturated/α-hetero) is 1. The van der Waals surface area contributed by atoms with E-state index in [0.29, 0.717) is 17.7 Å². The largest absolute Gasteiger partial charge is 0.399 e. The molecule has 19 heavy (non-hydrogen) atoms. The molecule has 0 spiro atoms. The van der Waals surface area contributed by atoms with E-state index in [1.807, 2.05) is 12.1 Å². The third-order valence-electron chi connectivity index (χ3n) is 2.77. The number of rotatable bonds is 4. The van der Waals surface area contributed by atoms with E-state index in [2.05, 4.69) is 0 Å². The zero-order valence-corrected chi connectivity index (χ0v) is 11.0. The molecule has 2 nitrogen and oxygen atoms in total. The molecule has 2 N–H and O–H groups in total. The van der Waals surface area contributed by atoms with Crippen LogP contribution < -0.4 is 5.73 Å². The van der Waals surface area contributed by atoms with Gasteiger partial charge < -0.3 is 5.73 Å². The summed E-state index contributed by atoms with van der Waals surface area (Å²) < 4.78 is 13.2. The van der Waals surface area contributed by atoms with Gasteiger partial charge in [-0.15, -0.1) is 0 Å². The number of carbonyl (C=O) groups is 1. The van der Waals surface area contributed by atoms with Gasteiger partial charge in [0.1, 0.15) is 11.6 Å². The Balaban J connectivity index is 2.01. The Labute approximate surface area is 116 Å². The molecule has 2 aromatic rings. The summed E-state index contributed by atoms with van der Waals surface area (Å²) in [6.45, 7) is 0. The number of hydrogen-bond donors (Lipinski definition) is 1. The highest BCUT2D eigenvalue weighted by molar-refractivity contribution is 6.30. The summed E-state index contributed by atoms with van der Waals surface area (Å²) >= 11 is 5.59. The molecule has 0 aromatic heterocycles. The highest BCUT2D eigenvalue weighted by Crippen LogP contribution is 2.16. The number of ketones is 1. The summed E-state index contributed by atoms with van der Waals surface area (Å²) in [6, 6.07) is 11.6. The van der Waals surface area contributed by atoms with Gasteiger partial charge in [0.15, 0.2) is 0 Å². The first-order valence-electron chi connectivity index (χ1n) is 5.84. The summed E-state index contributed by atoms with van der Waals surface area (Å²) in [5.41, 5.74) is 7.76. The van der Waals surface area contributed by atoms with Gasteiger partial charge in [-0.1, -0.05) is 29.8 Å². The number of halogens is 2. The second-order valence-electron chi connectivity index (χ2n) is 4.38. The van der Waals surface area contributed by atoms with E-state index in [-0.39, 0.29) is 17.2 Å².